The lowest BCUT2D eigenvalue weighted by Gasteiger charge is -2.01. The summed E-state index contributed by atoms with van der Waals surface area (Å²) in [5.41, 5.74) is 0.975. The maximum absolute atomic E-state index is 12.1. The number of carbonyl (C=O) groups is 1. The minimum Gasteiger partial charge on any atom is -0.461 e. The summed E-state index contributed by atoms with van der Waals surface area (Å²) in [6.07, 6.45) is 4.98. The van der Waals surface area contributed by atoms with E-state index in [1.165, 1.54) is 7.05 Å². The van der Waals surface area contributed by atoms with Crippen LogP contribution in [0.15, 0.2) is 18.5 Å². The number of ether oxygens (including phenoxy) is 2. The Morgan fingerprint density at radius 2 is 2.18 bits per heavy atom. The lowest BCUT2D eigenvalue weighted by atomic mass is 10.2. The van der Waals surface area contributed by atoms with Crippen molar-refractivity contribution in [2.24, 2.45) is 14.1 Å². The van der Waals surface area contributed by atoms with E-state index in [1.54, 1.807) is 10.9 Å². The molecule has 0 fully saturated rings. The van der Waals surface area contributed by atoms with Gasteiger partial charge in [-0.3, -0.25) is 4.68 Å². The van der Waals surface area contributed by atoms with Gasteiger partial charge in [0.1, 0.15) is 0 Å². The van der Waals surface area contributed by atoms with Crippen LogP contribution < -0.4 is 4.74 Å². The van der Waals surface area contributed by atoms with E-state index in [0.717, 1.165) is 22.7 Å². The molecule has 0 bridgehead atoms. The van der Waals surface area contributed by atoms with Gasteiger partial charge in [0, 0.05) is 26.4 Å². The molecule has 0 spiro atoms. The second-order valence-corrected chi connectivity index (χ2v) is 4.63. The number of nitrogens with zero attached hydrogens (tertiary/aromatic N) is 4. The summed E-state index contributed by atoms with van der Waals surface area (Å²) >= 11 is 0. The van der Waals surface area contributed by atoms with Crippen LogP contribution in [0.1, 0.15) is 22.5 Å². The Balaban J connectivity index is 1.79. The lowest BCUT2D eigenvalue weighted by Crippen LogP contribution is -2.08. The van der Waals surface area contributed by atoms with Gasteiger partial charge in [-0.05, 0) is 18.4 Å². The first-order valence-corrected chi connectivity index (χ1v) is 6.59. The summed E-state index contributed by atoms with van der Waals surface area (Å²) in [5, 5.41) is 7.81. The number of halogens is 2. The summed E-state index contributed by atoms with van der Waals surface area (Å²) in [7, 11) is 3.22. The highest BCUT2D eigenvalue weighted by Gasteiger charge is 2.17. The fraction of sp³-hybridized carbons (Fsp3) is 0.462. The quantitative estimate of drug-likeness (QED) is 0.573. The first-order chi connectivity index (χ1) is 10.5. The predicted molar refractivity (Wildman–Crippen MR) is 71.7 cm³/mol. The van der Waals surface area contributed by atoms with E-state index in [0.29, 0.717) is 6.42 Å². The number of aromatic nitrogens is 4. The lowest BCUT2D eigenvalue weighted by molar-refractivity contribution is -0.0553. The highest BCUT2D eigenvalue weighted by Crippen LogP contribution is 2.15. The van der Waals surface area contributed by atoms with Gasteiger partial charge in [-0.1, -0.05) is 0 Å². The Labute approximate surface area is 125 Å². The third-order valence-electron chi connectivity index (χ3n) is 2.86. The van der Waals surface area contributed by atoms with Crippen molar-refractivity contribution in [2.75, 3.05) is 6.61 Å². The number of rotatable bonds is 7. The molecule has 0 atom stereocenters. The molecule has 0 unspecified atom stereocenters. The normalized spacial score (nSPS) is 11.0. The van der Waals surface area contributed by atoms with Crippen LogP contribution in [0.5, 0.6) is 5.88 Å². The fourth-order valence-electron chi connectivity index (χ4n) is 1.87. The van der Waals surface area contributed by atoms with E-state index in [1.807, 2.05) is 13.2 Å². The first-order valence-electron chi connectivity index (χ1n) is 6.59. The average molecular weight is 314 g/mol. The molecular formula is C13H16F2N4O3. The topological polar surface area (TPSA) is 71.2 Å². The summed E-state index contributed by atoms with van der Waals surface area (Å²) in [6, 6.07) is 1.12. The fourth-order valence-corrected chi connectivity index (χ4v) is 1.87. The molecule has 0 saturated heterocycles. The van der Waals surface area contributed by atoms with Crippen LogP contribution in [-0.4, -0.2) is 38.7 Å². The number of hydrogen-bond donors (Lipinski definition) is 0. The maximum atomic E-state index is 12.1. The SMILES string of the molecule is Cn1cc(CCCOC(=O)c2cc(OC(F)F)n(C)n2)cn1. The monoisotopic (exact) mass is 314 g/mol. The van der Waals surface area contributed by atoms with E-state index in [2.05, 4.69) is 14.9 Å². The molecule has 2 aromatic heterocycles. The van der Waals surface area contributed by atoms with Crippen LogP contribution in [0.25, 0.3) is 0 Å². The van der Waals surface area contributed by atoms with Gasteiger partial charge in [-0.25, -0.2) is 9.48 Å². The molecule has 0 aliphatic heterocycles. The molecule has 22 heavy (non-hydrogen) atoms. The third kappa shape index (κ3) is 4.27. The first kappa shape index (κ1) is 15.9. The number of hydrogen-bond acceptors (Lipinski definition) is 5. The molecule has 0 aromatic carbocycles. The summed E-state index contributed by atoms with van der Waals surface area (Å²) in [4.78, 5) is 11.8. The maximum Gasteiger partial charge on any atom is 0.388 e. The van der Waals surface area contributed by atoms with E-state index >= 15 is 0 Å². The predicted octanol–water partition coefficient (Wildman–Crippen LogP) is 1.54. The third-order valence-corrected chi connectivity index (χ3v) is 2.86. The molecule has 120 valence electrons. The molecule has 0 saturated carbocycles. The smallest absolute Gasteiger partial charge is 0.388 e. The van der Waals surface area contributed by atoms with Crippen molar-refractivity contribution in [3.63, 3.8) is 0 Å². The number of carbonyl (C=O) groups excluding carboxylic acids is 1. The van der Waals surface area contributed by atoms with Gasteiger partial charge in [0.15, 0.2) is 5.69 Å². The van der Waals surface area contributed by atoms with Gasteiger partial charge in [-0.15, -0.1) is 0 Å². The molecule has 2 heterocycles. The van der Waals surface area contributed by atoms with Crippen molar-refractivity contribution in [3.8, 4) is 5.88 Å². The van der Waals surface area contributed by atoms with Crippen molar-refractivity contribution < 1.29 is 23.0 Å². The highest BCUT2D eigenvalue weighted by atomic mass is 19.3. The van der Waals surface area contributed by atoms with E-state index in [9.17, 15) is 13.6 Å². The average Bonchev–Trinajstić information content (AvgIpc) is 3.01. The summed E-state index contributed by atoms with van der Waals surface area (Å²) in [5.74, 6) is -0.872. The van der Waals surface area contributed by atoms with Gasteiger partial charge in [0.25, 0.3) is 0 Å². The minimum absolute atomic E-state index is 0.0699. The Morgan fingerprint density at radius 1 is 1.41 bits per heavy atom. The summed E-state index contributed by atoms with van der Waals surface area (Å²) < 4.78 is 36.3. The van der Waals surface area contributed by atoms with Gasteiger partial charge < -0.3 is 9.47 Å². The number of esters is 1. The molecule has 0 N–H and O–H groups in total. The molecule has 0 aliphatic rings. The van der Waals surface area contributed by atoms with E-state index in [4.69, 9.17) is 4.74 Å². The Kier molecular flexibility index (Phi) is 5.08. The van der Waals surface area contributed by atoms with Crippen molar-refractivity contribution in [1.82, 2.24) is 19.6 Å². The van der Waals surface area contributed by atoms with Crippen LogP contribution in [0.3, 0.4) is 0 Å². The number of aryl methyl sites for hydroxylation is 3. The zero-order valence-electron chi connectivity index (χ0n) is 12.2. The Hall–Kier alpha value is -2.45. The van der Waals surface area contributed by atoms with Crippen molar-refractivity contribution in [1.29, 1.82) is 0 Å². The van der Waals surface area contributed by atoms with Crippen molar-refractivity contribution in [3.05, 3.63) is 29.7 Å². The van der Waals surface area contributed by atoms with Gasteiger partial charge in [0.2, 0.25) is 5.88 Å². The zero-order valence-corrected chi connectivity index (χ0v) is 12.2. The van der Waals surface area contributed by atoms with Crippen LogP contribution in [0.4, 0.5) is 8.78 Å². The minimum atomic E-state index is -2.97. The zero-order chi connectivity index (χ0) is 16.1. The van der Waals surface area contributed by atoms with Crippen molar-refractivity contribution in [2.45, 2.75) is 19.5 Å². The van der Waals surface area contributed by atoms with Crippen LogP contribution >= 0.6 is 0 Å². The number of alkyl halides is 2. The standard InChI is InChI=1S/C13H16F2N4O3/c1-18-8-9(7-16-18)4-3-5-21-12(20)10-6-11(19(2)17-10)22-13(14)15/h6-8,13H,3-5H2,1-2H3. The van der Waals surface area contributed by atoms with Crippen LogP contribution in [0, 0.1) is 0 Å². The Morgan fingerprint density at radius 3 is 2.82 bits per heavy atom. The molecule has 0 amide bonds. The van der Waals surface area contributed by atoms with Crippen molar-refractivity contribution >= 4 is 5.97 Å². The largest absolute Gasteiger partial charge is 0.461 e. The van der Waals surface area contributed by atoms with E-state index < -0.39 is 12.6 Å². The van der Waals surface area contributed by atoms with Gasteiger partial charge in [0.05, 0.1) is 12.8 Å². The summed E-state index contributed by atoms with van der Waals surface area (Å²) in [6.45, 7) is -2.77. The van der Waals surface area contributed by atoms with Gasteiger partial charge in [-0.2, -0.15) is 19.0 Å². The highest BCUT2D eigenvalue weighted by molar-refractivity contribution is 5.87. The molecule has 9 heteroatoms. The van der Waals surface area contributed by atoms with Gasteiger partial charge >= 0.3 is 12.6 Å². The van der Waals surface area contributed by atoms with Crippen LogP contribution in [-0.2, 0) is 25.3 Å². The van der Waals surface area contributed by atoms with Crippen LogP contribution in [0.2, 0.25) is 0 Å². The van der Waals surface area contributed by atoms with E-state index in [-0.39, 0.29) is 18.2 Å². The molecule has 2 aromatic rings. The second-order valence-electron chi connectivity index (χ2n) is 4.63. The molecule has 2 rings (SSSR count). The molecular weight excluding hydrogens is 298 g/mol. The molecule has 0 aliphatic carbocycles. The Bertz CT molecular complexity index is 639. The molecule has 7 nitrogen and oxygen atoms in total. The molecule has 0 radical (unpaired) electrons. The second kappa shape index (κ2) is 7.01.